The van der Waals surface area contributed by atoms with Crippen LogP contribution >= 0.6 is 15.9 Å². The van der Waals surface area contributed by atoms with Crippen molar-refractivity contribution in [3.63, 3.8) is 0 Å². The third kappa shape index (κ3) is 1.94. The minimum Gasteiger partial charge on any atom is -0.361 e. The number of amides is 1. The van der Waals surface area contributed by atoms with Crippen LogP contribution in [0.4, 0.5) is 11.4 Å². The topological polar surface area (TPSA) is 23.6 Å². The summed E-state index contributed by atoms with van der Waals surface area (Å²) in [6.45, 7) is 3.54. The molecule has 16 heavy (non-hydrogen) atoms. The summed E-state index contributed by atoms with van der Waals surface area (Å²) in [4.78, 5) is 15.7. The lowest BCUT2D eigenvalue weighted by Gasteiger charge is -2.35. The summed E-state index contributed by atoms with van der Waals surface area (Å²) < 4.78 is 1.00. The molecule has 4 heteroatoms. The van der Waals surface area contributed by atoms with Crippen molar-refractivity contribution in [1.82, 2.24) is 0 Å². The molecule has 0 bridgehead atoms. The number of hydrogen-bond acceptors (Lipinski definition) is 2. The molecule has 1 heterocycles. The van der Waals surface area contributed by atoms with Gasteiger partial charge in [-0.3, -0.25) is 4.79 Å². The van der Waals surface area contributed by atoms with E-state index in [1.807, 2.05) is 19.2 Å². The number of benzene rings is 1. The lowest BCUT2D eigenvalue weighted by molar-refractivity contribution is -0.117. The molecule has 0 aromatic heterocycles. The van der Waals surface area contributed by atoms with Gasteiger partial charge >= 0.3 is 0 Å². The van der Waals surface area contributed by atoms with Crippen molar-refractivity contribution in [2.75, 3.05) is 29.9 Å². The fourth-order valence-corrected chi connectivity index (χ4v) is 2.34. The molecule has 3 nitrogen and oxygen atoms in total. The average molecular weight is 283 g/mol. The number of fused-ring (bicyclic) bond motifs is 1. The van der Waals surface area contributed by atoms with Crippen molar-refractivity contribution in [1.29, 1.82) is 0 Å². The van der Waals surface area contributed by atoms with Crippen LogP contribution in [0.3, 0.4) is 0 Å². The molecule has 2 rings (SSSR count). The summed E-state index contributed by atoms with van der Waals surface area (Å²) in [6, 6.07) is 6.08. The summed E-state index contributed by atoms with van der Waals surface area (Å²) in [5, 5.41) is 0. The molecule has 0 aliphatic carbocycles. The van der Waals surface area contributed by atoms with Crippen LogP contribution in [0.5, 0.6) is 0 Å². The Morgan fingerprint density at radius 3 is 2.81 bits per heavy atom. The summed E-state index contributed by atoms with van der Waals surface area (Å²) in [6.07, 6.45) is 1.05. The first kappa shape index (κ1) is 11.5. The predicted molar refractivity (Wildman–Crippen MR) is 70.1 cm³/mol. The zero-order chi connectivity index (χ0) is 11.7. The van der Waals surface area contributed by atoms with Crippen LogP contribution < -0.4 is 9.80 Å². The first-order chi connectivity index (χ1) is 7.63. The lowest BCUT2D eigenvalue weighted by Crippen LogP contribution is -2.44. The zero-order valence-electron chi connectivity index (χ0n) is 9.53. The largest absolute Gasteiger partial charge is 0.361 e. The second-order valence-corrected chi connectivity index (χ2v) is 4.92. The molecule has 0 N–H and O–H groups in total. The Bertz CT molecular complexity index is 419. The van der Waals surface area contributed by atoms with Gasteiger partial charge < -0.3 is 9.80 Å². The van der Waals surface area contributed by atoms with E-state index in [1.54, 1.807) is 4.90 Å². The predicted octanol–water partition coefficient (Wildman–Crippen LogP) is 2.64. The lowest BCUT2D eigenvalue weighted by atomic mass is 10.1. The SMILES string of the molecule is CCCN1CC(=O)N(C)c2cc(Br)ccc21. The summed E-state index contributed by atoms with van der Waals surface area (Å²) >= 11 is 3.44. The Hall–Kier alpha value is -1.03. The van der Waals surface area contributed by atoms with Crippen LogP contribution in [-0.2, 0) is 4.79 Å². The van der Waals surface area contributed by atoms with Crippen molar-refractivity contribution in [3.8, 4) is 0 Å². The second-order valence-electron chi connectivity index (χ2n) is 4.01. The van der Waals surface area contributed by atoms with Gasteiger partial charge in [0.25, 0.3) is 0 Å². The molecule has 0 fully saturated rings. The number of halogens is 1. The highest BCUT2D eigenvalue weighted by Gasteiger charge is 2.25. The minimum atomic E-state index is 0.152. The summed E-state index contributed by atoms with van der Waals surface area (Å²) in [5.41, 5.74) is 2.13. The molecule has 0 spiro atoms. The maximum absolute atomic E-state index is 11.8. The van der Waals surface area contributed by atoms with Crippen molar-refractivity contribution in [2.24, 2.45) is 0 Å². The quantitative estimate of drug-likeness (QED) is 0.833. The van der Waals surface area contributed by atoms with Gasteiger partial charge in [0.05, 0.1) is 17.9 Å². The van der Waals surface area contributed by atoms with Crippen LogP contribution in [0.1, 0.15) is 13.3 Å². The first-order valence-corrected chi connectivity index (χ1v) is 6.24. The van der Waals surface area contributed by atoms with E-state index in [4.69, 9.17) is 0 Å². The van der Waals surface area contributed by atoms with Crippen LogP contribution in [0.25, 0.3) is 0 Å². The summed E-state index contributed by atoms with van der Waals surface area (Å²) in [7, 11) is 1.83. The standard InChI is InChI=1S/C12H15BrN2O/c1-3-6-15-8-12(16)14(2)11-7-9(13)4-5-10(11)15/h4-5,7H,3,6,8H2,1-2H3. The molecule has 86 valence electrons. The Kier molecular flexibility index (Phi) is 3.19. The van der Waals surface area contributed by atoms with Crippen molar-refractivity contribution in [2.45, 2.75) is 13.3 Å². The molecular formula is C12H15BrN2O. The summed E-state index contributed by atoms with van der Waals surface area (Å²) in [5.74, 6) is 0.152. The number of anilines is 2. The van der Waals surface area contributed by atoms with Gasteiger partial charge in [0.1, 0.15) is 0 Å². The molecule has 0 radical (unpaired) electrons. The maximum Gasteiger partial charge on any atom is 0.246 e. The van der Waals surface area contributed by atoms with Gasteiger partial charge in [-0.2, -0.15) is 0 Å². The molecule has 0 atom stereocenters. The highest BCUT2D eigenvalue weighted by molar-refractivity contribution is 9.10. The second kappa shape index (κ2) is 4.45. The molecule has 1 aromatic rings. The molecule has 0 unspecified atom stereocenters. The molecule has 1 aromatic carbocycles. The average Bonchev–Trinajstić information content (AvgIpc) is 2.26. The van der Waals surface area contributed by atoms with Crippen molar-refractivity contribution < 1.29 is 4.79 Å². The van der Waals surface area contributed by atoms with Crippen LogP contribution in [-0.4, -0.2) is 26.0 Å². The smallest absolute Gasteiger partial charge is 0.246 e. The van der Waals surface area contributed by atoms with Crippen molar-refractivity contribution >= 4 is 33.2 Å². The van der Waals surface area contributed by atoms with Gasteiger partial charge in [-0.05, 0) is 24.6 Å². The van der Waals surface area contributed by atoms with E-state index >= 15 is 0 Å². The highest BCUT2D eigenvalue weighted by atomic mass is 79.9. The number of likely N-dealkylation sites (N-methyl/N-ethyl adjacent to an activating group) is 1. The number of carbonyl (C=O) groups excluding carboxylic acids is 1. The normalized spacial score (nSPS) is 15.3. The van der Waals surface area contributed by atoms with Gasteiger partial charge in [0, 0.05) is 18.1 Å². The number of hydrogen-bond donors (Lipinski definition) is 0. The monoisotopic (exact) mass is 282 g/mol. The molecule has 1 amide bonds. The van der Waals surface area contributed by atoms with E-state index in [0.717, 1.165) is 28.8 Å². The van der Waals surface area contributed by atoms with Gasteiger partial charge in [0.2, 0.25) is 5.91 Å². The van der Waals surface area contributed by atoms with Gasteiger partial charge in [-0.1, -0.05) is 22.9 Å². The van der Waals surface area contributed by atoms with Gasteiger partial charge in [0.15, 0.2) is 0 Å². The number of rotatable bonds is 2. The first-order valence-electron chi connectivity index (χ1n) is 5.44. The van der Waals surface area contributed by atoms with E-state index in [2.05, 4.69) is 33.8 Å². The Morgan fingerprint density at radius 2 is 2.12 bits per heavy atom. The number of carbonyl (C=O) groups is 1. The Balaban J connectivity index is 2.45. The Labute approximate surface area is 104 Å². The maximum atomic E-state index is 11.8. The highest BCUT2D eigenvalue weighted by Crippen LogP contribution is 2.34. The zero-order valence-corrected chi connectivity index (χ0v) is 11.1. The third-order valence-corrected chi connectivity index (χ3v) is 3.33. The van der Waals surface area contributed by atoms with E-state index in [9.17, 15) is 4.79 Å². The molecule has 0 saturated heterocycles. The third-order valence-electron chi connectivity index (χ3n) is 2.83. The van der Waals surface area contributed by atoms with E-state index in [1.165, 1.54) is 0 Å². The van der Waals surface area contributed by atoms with E-state index < -0.39 is 0 Å². The molecular weight excluding hydrogens is 268 g/mol. The van der Waals surface area contributed by atoms with Crippen molar-refractivity contribution in [3.05, 3.63) is 22.7 Å². The van der Waals surface area contributed by atoms with Crippen LogP contribution in [0, 0.1) is 0 Å². The van der Waals surface area contributed by atoms with E-state index in [0.29, 0.717) is 6.54 Å². The number of nitrogens with zero attached hydrogens (tertiary/aromatic N) is 2. The molecule has 0 saturated carbocycles. The Morgan fingerprint density at radius 1 is 1.38 bits per heavy atom. The fraction of sp³-hybridized carbons (Fsp3) is 0.417. The molecule has 1 aliphatic heterocycles. The fourth-order valence-electron chi connectivity index (χ4n) is 1.99. The van der Waals surface area contributed by atoms with Crippen LogP contribution in [0.2, 0.25) is 0 Å². The molecule has 1 aliphatic rings. The van der Waals surface area contributed by atoms with Gasteiger partial charge in [-0.15, -0.1) is 0 Å². The van der Waals surface area contributed by atoms with Crippen LogP contribution in [0.15, 0.2) is 22.7 Å². The van der Waals surface area contributed by atoms with Gasteiger partial charge in [-0.25, -0.2) is 0 Å². The minimum absolute atomic E-state index is 0.152. The van der Waals surface area contributed by atoms with E-state index in [-0.39, 0.29) is 5.91 Å².